The fourth-order valence-electron chi connectivity index (χ4n) is 21.1. The lowest BCUT2D eigenvalue weighted by atomic mass is 9.91. The third-order valence-corrected chi connectivity index (χ3v) is 28.5. The Balaban J connectivity index is 0.000000104. The van der Waals surface area contributed by atoms with Crippen molar-refractivity contribution in [3.8, 4) is 128 Å². The maximum absolute atomic E-state index is 3.59. The summed E-state index contributed by atoms with van der Waals surface area (Å²) in [7, 11) is 0. The van der Waals surface area contributed by atoms with Crippen LogP contribution in [0.2, 0.25) is 0 Å². The molecule has 0 aliphatic heterocycles. The van der Waals surface area contributed by atoms with Gasteiger partial charge in [-0.15, -0.1) is 22.7 Å². The number of hydrogen-bond donors (Lipinski definition) is 0. The molecule has 0 saturated carbocycles. The molecule has 5 aliphatic rings. The van der Waals surface area contributed by atoms with Gasteiger partial charge in [0.15, 0.2) is 0 Å². The summed E-state index contributed by atoms with van der Waals surface area (Å²) in [6, 6.07) is 131. The zero-order chi connectivity index (χ0) is 73.6. The molecule has 23 aromatic rings. The summed E-state index contributed by atoms with van der Waals surface area (Å²) in [6.07, 6.45) is 1.01. The number of halogens is 1. The first-order valence-electron chi connectivity index (χ1n) is 39.1. The van der Waals surface area contributed by atoms with Crippen molar-refractivity contribution in [2.24, 2.45) is 0 Å². The highest BCUT2D eigenvalue weighted by Gasteiger charge is 2.34. The van der Waals surface area contributed by atoms with E-state index in [1.165, 1.54) is 266 Å². The van der Waals surface area contributed by atoms with Crippen LogP contribution in [0.3, 0.4) is 0 Å². The van der Waals surface area contributed by atoms with Gasteiger partial charge in [0.2, 0.25) is 0 Å². The maximum Gasteiger partial charge on any atom is 0.0726 e. The summed E-state index contributed by atoms with van der Waals surface area (Å²) in [5, 5.41) is 24.4. The topological polar surface area (TPSA) is 4.93 Å². The second kappa shape index (κ2) is 23.4. The Morgan fingerprint density at radius 1 is 0.212 bits per heavy atom. The lowest BCUT2D eigenvalue weighted by molar-refractivity contribution is 1.20. The van der Waals surface area contributed by atoms with E-state index in [1.54, 1.807) is 0 Å². The highest BCUT2D eigenvalue weighted by Crippen LogP contribution is 2.60. The molecular formula is C109H60BrNS2. The number of rotatable bonds is 3. The lowest BCUT2D eigenvalue weighted by Gasteiger charge is -2.15. The maximum atomic E-state index is 3.59. The second-order valence-electron chi connectivity index (χ2n) is 31.0. The van der Waals surface area contributed by atoms with Gasteiger partial charge in [0.1, 0.15) is 0 Å². The predicted octanol–water partition coefficient (Wildman–Crippen LogP) is 32.1. The standard InChI is InChI=1S/C54H29NS.C33H18S.C22H13Br/c1-2-15-34-33(14-1)38-22-10-21-37-32(26-27-42(34)48(37)38)30-12-9-13-31(28-30)55-52-44-24-11-23-39-35-16-3-4-17-36(35)45(49(39)44)29-46(52)50-40-18-5-6-19-41(40)51-43-20-7-8-25-47(43)56-54(51)53(50)55;1-2-9-19-18(8-1)20-13-7-14-23-25-16-28-31(27(25)17-26(19)30(20)23)21-10-3-4-11-22(21)32-24-12-5-6-15-29(24)34-33(28)32;23-15-6-3-5-14(13-15)16-11-12-21-18-8-2-1-7-17(18)20-10-4-9-19(16)22(20)21/h1-29H;1-15,17H,16H2;1-13H. The summed E-state index contributed by atoms with van der Waals surface area (Å²) in [5.74, 6) is 0. The molecule has 1 nitrogen and oxygen atoms in total. The summed E-state index contributed by atoms with van der Waals surface area (Å²) in [4.78, 5) is 0. The zero-order valence-electron chi connectivity index (χ0n) is 60.8. The Labute approximate surface area is 666 Å². The van der Waals surface area contributed by atoms with Gasteiger partial charge in [-0.3, -0.25) is 0 Å². The van der Waals surface area contributed by atoms with E-state index in [1.807, 2.05) is 22.7 Å². The van der Waals surface area contributed by atoms with E-state index >= 15 is 0 Å². The summed E-state index contributed by atoms with van der Waals surface area (Å²) < 4.78 is 9.25. The third kappa shape index (κ3) is 8.54. The van der Waals surface area contributed by atoms with Gasteiger partial charge in [-0.25, -0.2) is 0 Å². The van der Waals surface area contributed by atoms with Gasteiger partial charge < -0.3 is 4.57 Å². The highest BCUT2D eigenvalue weighted by molar-refractivity contribution is 9.10. The molecule has 0 amide bonds. The van der Waals surface area contributed by atoms with E-state index in [9.17, 15) is 0 Å². The van der Waals surface area contributed by atoms with Crippen LogP contribution >= 0.6 is 38.6 Å². The SMILES string of the molecule is Brc1cccc(-c2ccc3c4c(cccc24)-c2ccccc2-3)c1.c1cc(-c2ccc3c4c(cccc24)-c2ccccc2-3)cc(-n2c3c4cccc5c4c(cc3c3c4ccccc4c4c6ccccc6sc4c32)-c2ccccc2-5)c1.c1ccc2c(c1)-c1cccc3c4c(cc-2c13)-c1c(c2sc3ccccc3c2c2ccccc12)C4. The van der Waals surface area contributed by atoms with Gasteiger partial charge in [-0.2, -0.15) is 0 Å². The fourth-order valence-corrected chi connectivity index (χ4v) is 24.0. The number of benzene rings is 20. The van der Waals surface area contributed by atoms with Crippen molar-refractivity contribution in [3.63, 3.8) is 0 Å². The van der Waals surface area contributed by atoms with Gasteiger partial charge in [0.05, 0.1) is 15.7 Å². The molecule has 5 aliphatic carbocycles. The minimum absolute atomic E-state index is 1.01. The Bertz CT molecular complexity index is 8240. The predicted molar refractivity (Wildman–Crippen MR) is 489 cm³/mol. The molecule has 3 heterocycles. The Morgan fingerprint density at radius 3 is 1.13 bits per heavy atom. The van der Waals surface area contributed by atoms with Gasteiger partial charge >= 0.3 is 0 Å². The normalized spacial score (nSPS) is 12.6. The second-order valence-corrected chi connectivity index (χ2v) is 34.1. The van der Waals surface area contributed by atoms with Crippen LogP contribution < -0.4 is 0 Å². The molecule has 4 heteroatoms. The van der Waals surface area contributed by atoms with Crippen molar-refractivity contribution in [2.75, 3.05) is 0 Å². The van der Waals surface area contributed by atoms with Crippen molar-refractivity contribution in [2.45, 2.75) is 6.42 Å². The van der Waals surface area contributed by atoms with Crippen molar-refractivity contribution in [1.82, 2.24) is 4.57 Å². The Kier molecular flexibility index (Phi) is 12.9. The van der Waals surface area contributed by atoms with Gasteiger partial charge in [-0.05, 0) is 241 Å². The van der Waals surface area contributed by atoms with Crippen LogP contribution in [0, 0.1) is 0 Å². The third-order valence-electron chi connectivity index (χ3n) is 25.6. The van der Waals surface area contributed by atoms with Crippen LogP contribution in [-0.2, 0) is 6.42 Å². The molecule has 0 radical (unpaired) electrons. The molecular weight excluding hydrogens is 1470 g/mol. The molecule has 3 aromatic heterocycles. The van der Waals surface area contributed by atoms with Crippen molar-refractivity contribution >= 4 is 165 Å². The molecule has 0 atom stereocenters. The van der Waals surface area contributed by atoms with Crippen LogP contribution in [-0.4, -0.2) is 4.57 Å². The van der Waals surface area contributed by atoms with Gasteiger partial charge in [-0.1, -0.05) is 319 Å². The quantitative estimate of drug-likeness (QED) is 0.166. The molecule has 20 aromatic carbocycles. The summed E-state index contributed by atoms with van der Waals surface area (Å²) in [6.45, 7) is 0. The van der Waals surface area contributed by atoms with Crippen LogP contribution in [0.4, 0.5) is 0 Å². The van der Waals surface area contributed by atoms with E-state index in [2.05, 4.69) is 372 Å². The molecule has 520 valence electrons. The van der Waals surface area contributed by atoms with Crippen LogP contribution in [0.5, 0.6) is 0 Å². The fraction of sp³-hybridized carbons (Fsp3) is 0.00917. The monoisotopic (exact) mass is 1530 g/mol. The number of nitrogens with zero attached hydrogens (tertiary/aromatic N) is 1. The molecule has 0 bridgehead atoms. The molecule has 28 rings (SSSR count). The largest absolute Gasteiger partial charge is 0.307 e. The highest BCUT2D eigenvalue weighted by atomic mass is 79.9. The first-order valence-corrected chi connectivity index (χ1v) is 41.5. The summed E-state index contributed by atoms with van der Waals surface area (Å²) >= 11 is 7.49. The average Bonchev–Trinajstić information content (AvgIpc) is 1.51. The molecule has 113 heavy (non-hydrogen) atoms. The lowest BCUT2D eigenvalue weighted by Crippen LogP contribution is -1.96. The molecule has 0 N–H and O–H groups in total. The molecule has 0 fully saturated rings. The number of thiophene rings is 2. The van der Waals surface area contributed by atoms with Crippen molar-refractivity contribution in [1.29, 1.82) is 0 Å². The van der Waals surface area contributed by atoms with Crippen molar-refractivity contribution < 1.29 is 0 Å². The van der Waals surface area contributed by atoms with E-state index in [0.29, 0.717) is 0 Å². The van der Waals surface area contributed by atoms with E-state index in [0.717, 1.165) is 10.9 Å². The van der Waals surface area contributed by atoms with E-state index < -0.39 is 0 Å². The van der Waals surface area contributed by atoms with Crippen LogP contribution in [0.25, 0.3) is 255 Å². The number of hydrogen-bond acceptors (Lipinski definition) is 2. The number of aromatic nitrogens is 1. The first-order chi connectivity index (χ1) is 56.0. The number of fused-ring (bicyclic) bond motifs is 34. The van der Waals surface area contributed by atoms with Crippen LogP contribution in [0.15, 0.2) is 356 Å². The summed E-state index contributed by atoms with van der Waals surface area (Å²) in [5.41, 5.74) is 36.2. The van der Waals surface area contributed by atoms with Gasteiger partial charge in [0.25, 0.3) is 0 Å². The smallest absolute Gasteiger partial charge is 0.0726 e. The first kappa shape index (κ1) is 62.4. The van der Waals surface area contributed by atoms with E-state index in [4.69, 9.17) is 0 Å². The minimum Gasteiger partial charge on any atom is -0.307 e. The molecule has 0 unspecified atom stereocenters. The van der Waals surface area contributed by atoms with Crippen molar-refractivity contribution in [3.05, 3.63) is 367 Å². The molecule has 0 spiro atoms. The Morgan fingerprint density at radius 2 is 0.584 bits per heavy atom. The minimum atomic E-state index is 1.01. The van der Waals surface area contributed by atoms with E-state index in [-0.39, 0.29) is 0 Å². The zero-order valence-corrected chi connectivity index (χ0v) is 64.1. The van der Waals surface area contributed by atoms with Crippen LogP contribution in [0.1, 0.15) is 11.1 Å². The Hall–Kier alpha value is -13.3. The average molecular weight is 1530 g/mol. The van der Waals surface area contributed by atoms with Gasteiger partial charge in [0, 0.05) is 68.4 Å². The molecule has 0 saturated heterocycles.